The molecule has 3 rings (SSSR count). The van der Waals surface area contributed by atoms with Gasteiger partial charge in [-0.3, -0.25) is 14.3 Å². The number of ether oxygens (including phenoxy) is 1. The van der Waals surface area contributed by atoms with E-state index in [9.17, 15) is 9.59 Å². The van der Waals surface area contributed by atoms with Crippen LogP contribution in [0.25, 0.3) is 0 Å². The Morgan fingerprint density at radius 3 is 2.34 bits per heavy atom. The summed E-state index contributed by atoms with van der Waals surface area (Å²) in [6.07, 6.45) is 0.708. The van der Waals surface area contributed by atoms with Gasteiger partial charge in [0, 0.05) is 13.1 Å². The largest absolute Gasteiger partial charge is 0.494 e. The molecule has 0 saturated heterocycles. The molecule has 0 aliphatic heterocycles. The van der Waals surface area contributed by atoms with Crippen LogP contribution in [0.15, 0.2) is 70.3 Å². The zero-order valence-corrected chi connectivity index (χ0v) is 16.5. The molecular formula is C22H26N4O3. The van der Waals surface area contributed by atoms with E-state index in [0.29, 0.717) is 38.3 Å². The lowest BCUT2D eigenvalue weighted by Crippen LogP contribution is -2.39. The number of aromatic amines is 1. The van der Waals surface area contributed by atoms with Crippen molar-refractivity contribution in [3.8, 4) is 5.75 Å². The summed E-state index contributed by atoms with van der Waals surface area (Å²) in [6.45, 7) is 3.93. The van der Waals surface area contributed by atoms with Crippen molar-refractivity contribution in [3.05, 3.63) is 87.1 Å². The standard InChI is InChI=1S/C22H26N4O3/c1-2-25(14-9-15-29-18-12-7-4-8-13-18)19-20(23)26(22(28)24-21(19)27)16-17-10-5-3-6-11-17/h3-8,10-13H,2,9,14-16,23H2,1H3,(H,24,27,28). The maximum Gasteiger partial charge on any atom is 0.330 e. The third-order valence-electron chi connectivity index (χ3n) is 4.68. The number of hydrogen-bond acceptors (Lipinski definition) is 5. The van der Waals surface area contributed by atoms with E-state index in [4.69, 9.17) is 10.5 Å². The quantitative estimate of drug-likeness (QED) is 0.544. The molecule has 152 valence electrons. The molecule has 0 spiro atoms. The molecular weight excluding hydrogens is 368 g/mol. The molecule has 29 heavy (non-hydrogen) atoms. The molecule has 0 aliphatic carbocycles. The first-order valence-corrected chi connectivity index (χ1v) is 9.69. The van der Waals surface area contributed by atoms with E-state index in [1.807, 2.05) is 72.5 Å². The second-order valence-electron chi connectivity index (χ2n) is 6.66. The fraction of sp³-hybridized carbons (Fsp3) is 0.273. The molecule has 0 unspecified atom stereocenters. The Hall–Kier alpha value is -3.48. The van der Waals surface area contributed by atoms with E-state index in [1.165, 1.54) is 4.57 Å². The van der Waals surface area contributed by atoms with Crippen LogP contribution in [0.3, 0.4) is 0 Å². The Morgan fingerprint density at radius 2 is 1.69 bits per heavy atom. The molecule has 0 aliphatic rings. The highest BCUT2D eigenvalue weighted by Crippen LogP contribution is 2.18. The van der Waals surface area contributed by atoms with Crippen molar-refractivity contribution in [3.63, 3.8) is 0 Å². The van der Waals surface area contributed by atoms with Crippen molar-refractivity contribution in [1.29, 1.82) is 0 Å². The van der Waals surface area contributed by atoms with Gasteiger partial charge >= 0.3 is 5.69 Å². The summed E-state index contributed by atoms with van der Waals surface area (Å²) in [4.78, 5) is 29.1. The first-order valence-electron chi connectivity index (χ1n) is 9.69. The molecule has 0 saturated carbocycles. The van der Waals surface area contributed by atoms with E-state index in [2.05, 4.69) is 4.98 Å². The number of nitrogens with two attached hydrogens (primary N) is 1. The van der Waals surface area contributed by atoms with Gasteiger partial charge in [-0.15, -0.1) is 0 Å². The fourth-order valence-electron chi connectivity index (χ4n) is 3.20. The van der Waals surface area contributed by atoms with E-state index in [0.717, 1.165) is 11.3 Å². The van der Waals surface area contributed by atoms with Gasteiger partial charge in [0.15, 0.2) is 0 Å². The predicted octanol–water partition coefficient (Wildman–Crippen LogP) is 2.46. The van der Waals surface area contributed by atoms with Crippen LogP contribution in [0.1, 0.15) is 18.9 Å². The van der Waals surface area contributed by atoms with Crippen LogP contribution >= 0.6 is 0 Å². The van der Waals surface area contributed by atoms with Crippen molar-refractivity contribution < 1.29 is 4.74 Å². The topological polar surface area (TPSA) is 93.3 Å². The number of anilines is 2. The Balaban J connectivity index is 1.75. The minimum Gasteiger partial charge on any atom is -0.494 e. The third-order valence-corrected chi connectivity index (χ3v) is 4.68. The van der Waals surface area contributed by atoms with Crippen LogP contribution in [0.4, 0.5) is 11.5 Å². The van der Waals surface area contributed by atoms with Crippen molar-refractivity contribution >= 4 is 11.5 Å². The highest BCUT2D eigenvalue weighted by molar-refractivity contribution is 5.62. The molecule has 7 heteroatoms. The molecule has 3 aromatic rings. The van der Waals surface area contributed by atoms with Crippen LogP contribution in [0.5, 0.6) is 5.75 Å². The summed E-state index contributed by atoms with van der Waals surface area (Å²) in [5.74, 6) is 0.984. The molecule has 2 aromatic carbocycles. The van der Waals surface area contributed by atoms with Crippen molar-refractivity contribution in [2.24, 2.45) is 0 Å². The number of rotatable bonds is 9. The van der Waals surface area contributed by atoms with Gasteiger partial charge in [0.1, 0.15) is 17.3 Å². The van der Waals surface area contributed by atoms with Crippen LogP contribution in [-0.4, -0.2) is 29.2 Å². The molecule has 0 bridgehead atoms. The molecule has 0 atom stereocenters. The Labute approximate surface area is 169 Å². The maximum absolute atomic E-state index is 12.5. The minimum absolute atomic E-state index is 0.174. The van der Waals surface area contributed by atoms with Gasteiger partial charge in [0.2, 0.25) is 0 Å². The number of H-pyrrole nitrogens is 1. The molecule has 0 radical (unpaired) electrons. The molecule has 0 fully saturated rings. The summed E-state index contributed by atoms with van der Waals surface area (Å²) >= 11 is 0. The summed E-state index contributed by atoms with van der Waals surface area (Å²) in [6, 6.07) is 19.1. The van der Waals surface area contributed by atoms with Gasteiger partial charge in [-0.1, -0.05) is 48.5 Å². The van der Waals surface area contributed by atoms with Gasteiger partial charge in [0.05, 0.1) is 13.2 Å². The van der Waals surface area contributed by atoms with Crippen LogP contribution in [-0.2, 0) is 6.54 Å². The van der Waals surface area contributed by atoms with Gasteiger partial charge in [-0.2, -0.15) is 0 Å². The van der Waals surface area contributed by atoms with Gasteiger partial charge in [-0.25, -0.2) is 4.79 Å². The Bertz CT molecular complexity index is 1030. The Kier molecular flexibility index (Phi) is 6.73. The van der Waals surface area contributed by atoms with Gasteiger partial charge in [-0.05, 0) is 31.0 Å². The lowest BCUT2D eigenvalue weighted by Gasteiger charge is -2.25. The number of hydrogen-bond donors (Lipinski definition) is 2. The first-order chi connectivity index (χ1) is 14.1. The summed E-state index contributed by atoms with van der Waals surface area (Å²) in [7, 11) is 0. The lowest BCUT2D eigenvalue weighted by molar-refractivity contribution is 0.312. The summed E-state index contributed by atoms with van der Waals surface area (Å²) < 4.78 is 7.12. The monoisotopic (exact) mass is 394 g/mol. The van der Waals surface area contributed by atoms with Crippen LogP contribution < -0.4 is 26.6 Å². The summed E-state index contributed by atoms with van der Waals surface area (Å²) in [5, 5.41) is 0. The highest BCUT2D eigenvalue weighted by atomic mass is 16.5. The van der Waals surface area contributed by atoms with Gasteiger partial charge < -0.3 is 15.4 Å². The zero-order chi connectivity index (χ0) is 20.6. The fourth-order valence-corrected chi connectivity index (χ4v) is 3.20. The first kappa shape index (κ1) is 20.3. The Morgan fingerprint density at radius 1 is 1.03 bits per heavy atom. The van der Waals surface area contributed by atoms with Crippen molar-refractivity contribution in [2.75, 3.05) is 30.3 Å². The maximum atomic E-state index is 12.5. The number of aromatic nitrogens is 2. The number of para-hydroxylation sites is 1. The molecule has 1 aromatic heterocycles. The van der Waals surface area contributed by atoms with Crippen LogP contribution in [0.2, 0.25) is 0 Å². The average Bonchev–Trinajstić information content (AvgIpc) is 2.74. The third kappa shape index (κ3) is 5.07. The minimum atomic E-state index is -0.511. The highest BCUT2D eigenvalue weighted by Gasteiger charge is 2.18. The second kappa shape index (κ2) is 9.64. The number of nitrogens with zero attached hydrogens (tertiary/aromatic N) is 2. The zero-order valence-electron chi connectivity index (χ0n) is 16.5. The number of nitrogens with one attached hydrogen (secondary N) is 1. The van der Waals surface area contributed by atoms with E-state index < -0.39 is 11.2 Å². The second-order valence-corrected chi connectivity index (χ2v) is 6.66. The summed E-state index contributed by atoms with van der Waals surface area (Å²) in [5.41, 5.74) is 6.55. The molecule has 0 amide bonds. The van der Waals surface area contributed by atoms with E-state index >= 15 is 0 Å². The predicted molar refractivity (Wildman–Crippen MR) is 116 cm³/mol. The van der Waals surface area contributed by atoms with Crippen molar-refractivity contribution in [2.45, 2.75) is 19.9 Å². The smallest absolute Gasteiger partial charge is 0.330 e. The number of nitrogen functional groups attached to an aromatic ring is 1. The van der Waals surface area contributed by atoms with E-state index in [1.54, 1.807) is 0 Å². The number of benzene rings is 2. The SMILES string of the molecule is CCN(CCCOc1ccccc1)c1c(N)n(Cc2ccccc2)c(=O)[nH]c1=O. The molecule has 1 heterocycles. The normalized spacial score (nSPS) is 10.7. The molecule has 3 N–H and O–H groups in total. The average molecular weight is 394 g/mol. The van der Waals surface area contributed by atoms with Crippen molar-refractivity contribution in [1.82, 2.24) is 9.55 Å². The lowest BCUT2D eigenvalue weighted by atomic mass is 10.2. The van der Waals surface area contributed by atoms with Crippen LogP contribution in [0, 0.1) is 0 Å². The van der Waals surface area contributed by atoms with Gasteiger partial charge in [0.25, 0.3) is 5.56 Å². The van der Waals surface area contributed by atoms with E-state index in [-0.39, 0.29) is 5.82 Å². The molecule has 7 nitrogen and oxygen atoms in total.